The maximum atomic E-state index is 12.4. The van der Waals surface area contributed by atoms with Crippen LogP contribution < -0.4 is 10.6 Å². The van der Waals surface area contributed by atoms with E-state index in [4.69, 9.17) is 11.6 Å². The van der Waals surface area contributed by atoms with Gasteiger partial charge in [0.05, 0.1) is 5.54 Å². The standard InChI is InChI=1S/C21H19ClN4O/c1-14-9-12-23-19(24-14)15-5-7-18(8-6-15)25-20(27)26-21(10-11-21)16-3-2-4-17(22)13-16/h2-9,12-13H,10-11H2,1H3,(H2,25,26,27). The SMILES string of the molecule is Cc1ccnc(-c2ccc(NC(=O)NC3(c4cccc(Cl)c4)CC3)cc2)n1. The molecule has 0 saturated heterocycles. The Balaban J connectivity index is 1.43. The Morgan fingerprint density at radius 1 is 1.11 bits per heavy atom. The fourth-order valence-corrected chi connectivity index (χ4v) is 3.26. The van der Waals surface area contributed by atoms with Crippen molar-refractivity contribution >= 4 is 23.3 Å². The molecule has 2 amide bonds. The van der Waals surface area contributed by atoms with Crippen LogP contribution in [0.4, 0.5) is 10.5 Å². The van der Waals surface area contributed by atoms with Gasteiger partial charge in [-0.2, -0.15) is 0 Å². The average Bonchev–Trinajstić information content (AvgIpc) is 3.43. The molecule has 1 aromatic heterocycles. The number of carbonyl (C=O) groups excluding carboxylic acids is 1. The first-order valence-corrected chi connectivity index (χ1v) is 9.17. The average molecular weight is 379 g/mol. The Morgan fingerprint density at radius 3 is 2.56 bits per heavy atom. The van der Waals surface area contributed by atoms with Crippen molar-refractivity contribution in [1.82, 2.24) is 15.3 Å². The van der Waals surface area contributed by atoms with Gasteiger partial charge in [0.2, 0.25) is 0 Å². The molecule has 136 valence electrons. The number of hydrogen-bond acceptors (Lipinski definition) is 3. The van der Waals surface area contributed by atoms with Crippen molar-refractivity contribution in [3.63, 3.8) is 0 Å². The van der Waals surface area contributed by atoms with Gasteiger partial charge < -0.3 is 10.6 Å². The number of halogens is 1. The lowest BCUT2D eigenvalue weighted by molar-refractivity contribution is 0.247. The lowest BCUT2D eigenvalue weighted by Crippen LogP contribution is -2.38. The number of benzene rings is 2. The molecule has 5 nitrogen and oxygen atoms in total. The van der Waals surface area contributed by atoms with Crippen LogP contribution in [-0.2, 0) is 5.54 Å². The summed E-state index contributed by atoms with van der Waals surface area (Å²) in [4.78, 5) is 21.1. The summed E-state index contributed by atoms with van der Waals surface area (Å²) in [7, 11) is 0. The Morgan fingerprint density at radius 2 is 1.89 bits per heavy atom. The number of hydrogen-bond donors (Lipinski definition) is 2. The minimum atomic E-state index is -0.315. The van der Waals surface area contributed by atoms with Gasteiger partial charge in [0, 0.05) is 28.2 Å². The molecule has 0 spiro atoms. The molecule has 3 aromatic rings. The third-order valence-electron chi connectivity index (χ3n) is 4.68. The van der Waals surface area contributed by atoms with E-state index in [0.29, 0.717) is 16.5 Å². The molecule has 0 aliphatic heterocycles. The van der Waals surface area contributed by atoms with E-state index >= 15 is 0 Å². The molecule has 27 heavy (non-hydrogen) atoms. The second-order valence-electron chi connectivity index (χ2n) is 6.77. The van der Waals surface area contributed by atoms with Gasteiger partial charge in [-0.25, -0.2) is 14.8 Å². The predicted octanol–water partition coefficient (Wildman–Crippen LogP) is 4.92. The number of nitrogens with one attached hydrogen (secondary N) is 2. The van der Waals surface area contributed by atoms with Crippen molar-refractivity contribution in [2.45, 2.75) is 25.3 Å². The molecule has 0 unspecified atom stereocenters. The number of aromatic nitrogens is 2. The highest BCUT2D eigenvalue weighted by molar-refractivity contribution is 6.30. The van der Waals surface area contributed by atoms with Gasteiger partial charge in [-0.05, 0) is 67.8 Å². The highest BCUT2D eigenvalue weighted by Crippen LogP contribution is 2.46. The topological polar surface area (TPSA) is 66.9 Å². The van der Waals surface area contributed by atoms with E-state index in [9.17, 15) is 4.79 Å². The van der Waals surface area contributed by atoms with Gasteiger partial charge >= 0.3 is 6.03 Å². The first-order valence-electron chi connectivity index (χ1n) is 8.79. The van der Waals surface area contributed by atoms with Crippen molar-refractivity contribution in [2.75, 3.05) is 5.32 Å². The molecule has 0 bridgehead atoms. The second kappa shape index (κ2) is 7.00. The third kappa shape index (κ3) is 3.93. The van der Waals surface area contributed by atoms with E-state index in [1.54, 1.807) is 6.20 Å². The van der Waals surface area contributed by atoms with Crippen LogP contribution in [0.3, 0.4) is 0 Å². The van der Waals surface area contributed by atoms with Crippen molar-refractivity contribution in [3.05, 3.63) is 77.1 Å². The molecule has 1 heterocycles. The molecular formula is C21H19ClN4O. The number of carbonyl (C=O) groups is 1. The number of amides is 2. The van der Waals surface area contributed by atoms with Crippen LogP contribution in [0.15, 0.2) is 60.8 Å². The molecule has 6 heteroatoms. The number of rotatable bonds is 4. The Labute approximate surface area is 162 Å². The predicted molar refractivity (Wildman–Crippen MR) is 107 cm³/mol. The molecule has 4 rings (SSSR count). The van der Waals surface area contributed by atoms with Crippen molar-refractivity contribution in [2.24, 2.45) is 0 Å². The van der Waals surface area contributed by atoms with Gasteiger partial charge in [-0.1, -0.05) is 23.7 Å². The summed E-state index contributed by atoms with van der Waals surface area (Å²) >= 11 is 6.08. The molecule has 0 radical (unpaired) electrons. The lowest BCUT2D eigenvalue weighted by Gasteiger charge is -2.19. The Bertz CT molecular complexity index is 983. The molecule has 2 aromatic carbocycles. The summed E-state index contributed by atoms with van der Waals surface area (Å²) < 4.78 is 0. The normalized spacial score (nSPS) is 14.4. The number of anilines is 1. The zero-order valence-corrected chi connectivity index (χ0v) is 15.6. The van der Waals surface area contributed by atoms with Gasteiger partial charge in [0.25, 0.3) is 0 Å². The minimum Gasteiger partial charge on any atom is -0.328 e. The zero-order chi connectivity index (χ0) is 18.9. The monoisotopic (exact) mass is 378 g/mol. The van der Waals surface area contributed by atoms with Crippen LogP contribution in [0, 0.1) is 6.92 Å². The highest BCUT2D eigenvalue weighted by atomic mass is 35.5. The van der Waals surface area contributed by atoms with Gasteiger partial charge in [0.1, 0.15) is 0 Å². The fraction of sp³-hybridized carbons (Fsp3) is 0.190. The van der Waals surface area contributed by atoms with Crippen LogP contribution in [0.2, 0.25) is 5.02 Å². The largest absolute Gasteiger partial charge is 0.328 e. The van der Waals surface area contributed by atoms with Crippen molar-refractivity contribution in [3.8, 4) is 11.4 Å². The second-order valence-corrected chi connectivity index (χ2v) is 7.21. The lowest BCUT2D eigenvalue weighted by atomic mass is 10.1. The molecule has 1 fully saturated rings. The van der Waals surface area contributed by atoms with E-state index in [-0.39, 0.29) is 11.6 Å². The molecular weight excluding hydrogens is 360 g/mol. The van der Waals surface area contributed by atoms with E-state index in [1.165, 1.54) is 0 Å². The van der Waals surface area contributed by atoms with E-state index in [0.717, 1.165) is 29.7 Å². The molecule has 2 N–H and O–H groups in total. The first-order chi connectivity index (χ1) is 13.0. The summed E-state index contributed by atoms with van der Waals surface area (Å²) in [5.74, 6) is 0.670. The van der Waals surface area contributed by atoms with Crippen LogP contribution >= 0.6 is 11.6 Å². The maximum absolute atomic E-state index is 12.4. The van der Waals surface area contributed by atoms with Gasteiger partial charge in [-0.3, -0.25) is 0 Å². The third-order valence-corrected chi connectivity index (χ3v) is 4.91. The molecule has 1 aliphatic carbocycles. The fourth-order valence-electron chi connectivity index (χ4n) is 3.07. The smallest absolute Gasteiger partial charge is 0.319 e. The number of urea groups is 1. The Kier molecular flexibility index (Phi) is 4.54. The summed E-state index contributed by atoms with van der Waals surface area (Å²) in [6.07, 6.45) is 3.55. The molecule has 0 atom stereocenters. The quantitative estimate of drug-likeness (QED) is 0.677. The van der Waals surface area contributed by atoms with E-state index < -0.39 is 0 Å². The number of nitrogens with zero attached hydrogens (tertiary/aromatic N) is 2. The zero-order valence-electron chi connectivity index (χ0n) is 14.9. The van der Waals surface area contributed by atoms with Crippen LogP contribution in [-0.4, -0.2) is 16.0 Å². The van der Waals surface area contributed by atoms with Gasteiger partial charge in [0.15, 0.2) is 5.82 Å². The van der Waals surface area contributed by atoms with Crippen molar-refractivity contribution in [1.29, 1.82) is 0 Å². The summed E-state index contributed by atoms with van der Waals surface area (Å²) in [5, 5.41) is 6.64. The summed E-state index contributed by atoms with van der Waals surface area (Å²) in [6.45, 7) is 1.93. The van der Waals surface area contributed by atoms with Crippen LogP contribution in [0.1, 0.15) is 24.1 Å². The van der Waals surface area contributed by atoms with Crippen LogP contribution in [0.5, 0.6) is 0 Å². The maximum Gasteiger partial charge on any atom is 0.319 e. The molecule has 1 aliphatic rings. The first kappa shape index (κ1) is 17.5. The van der Waals surface area contributed by atoms with Gasteiger partial charge in [-0.15, -0.1) is 0 Å². The van der Waals surface area contributed by atoms with Crippen molar-refractivity contribution < 1.29 is 4.79 Å². The Hall–Kier alpha value is -2.92. The number of aryl methyl sites for hydroxylation is 1. The molecule has 1 saturated carbocycles. The summed E-state index contributed by atoms with van der Waals surface area (Å²) in [6, 6.07) is 16.8. The van der Waals surface area contributed by atoms with E-state index in [2.05, 4.69) is 20.6 Å². The highest BCUT2D eigenvalue weighted by Gasteiger charge is 2.45. The van der Waals surface area contributed by atoms with E-state index in [1.807, 2.05) is 61.5 Å². The summed E-state index contributed by atoms with van der Waals surface area (Å²) in [5.41, 5.74) is 3.26. The minimum absolute atomic E-state index is 0.230. The van der Waals surface area contributed by atoms with Crippen LogP contribution in [0.25, 0.3) is 11.4 Å².